The van der Waals surface area contributed by atoms with Crippen molar-refractivity contribution >= 4 is 16.9 Å². The first-order chi connectivity index (χ1) is 18.1. The molecule has 0 unspecified atom stereocenters. The maximum atomic E-state index is 5.29. The molecule has 2 aliphatic rings. The Morgan fingerprint density at radius 3 is 2.47 bits per heavy atom. The number of nitrogens with zero attached hydrogens (tertiary/aromatic N) is 6. The van der Waals surface area contributed by atoms with Gasteiger partial charge in [0.1, 0.15) is 17.0 Å². The molecule has 198 valence electrons. The highest BCUT2D eigenvalue weighted by atomic mass is 15.3. The van der Waals surface area contributed by atoms with Gasteiger partial charge in [0.2, 0.25) is 0 Å². The zero-order valence-corrected chi connectivity index (χ0v) is 23.9. The predicted octanol–water partition coefficient (Wildman–Crippen LogP) is 6.37. The van der Waals surface area contributed by atoms with Crippen LogP contribution < -0.4 is 4.90 Å². The highest BCUT2D eigenvalue weighted by Gasteiger charge is 2.34. The van der Waals surface area contributed by atoms with Crippen molar-refractivity contribution in [1.29, 1.82) is 0 Å². The van der Waals surface area contributed by atoms with E-state index in [1.807, 2.05) is 6.20 Å². The molecule has 2 saturated heterocycles. The standard InChI is InChI=1S/C32H40N6/c1-20-15-25-19-37(14-13-36(25)18-20)28-12-11-24(17-33-28)30-31-27(38(35-30)32(5,6)7)16-22(3)29(34-31)26-10-8-9-21(2)23(26)4/h8-12,16-17,20,25H,13-15,18-19H2,1-7H3/t20-,25+/m1/s1. The number of fused-ring (bicyclic) bond motifs is 2. The molecule has 0 saturated carbocycles. The third-order valence-electron chi connectivity index (χ3n) is 8.51. The third kappa shape index (κ3) is 4.29. The highest BCUT2D eigenvalue weighted by molar-refractivity contribution is 5.92. The zero-order chi connectivity index (χ0) is 26.8. The fraction of sp³-hybridized carbons (Fsp3) is 0.469. The van der Waals surface area contributed by atoms with E-state index in [-0.39, 0.29) is 5.54 Å². The van der Waals surface area contributed by atoms with E-state index >= 15 is 0 Å². The van der Waals surface area contributed by atoms with Gasteiger partial charge < -0.3 is 4.90 Å². The fourth-order valence-corrected chi connectivity index (χ4v) is 6.34. The molecule has 0 radical (unpaired) electrons. The highest BCUT2D eigenvalue weighted by Crippen LogP contribution is 2.36. The first-order valence-electron chi connectivity index (χ1n) is 14.0. The minimum absolute atomic E-state index is 0.170. The lowest BCUT2D eigenvalue weighted by Crippen LogP contribution is -2.50. The Morgan fingerprint density at radius 2 is 1.74 bits per heavy atom. The Balaban J connectivity index is 1.41. The molecule has 0 bridgehead atoms. The first kappa shape index (κ1) is 25.1. The van der Waals surface area contributed by atoms with Gasteiger partial charge in [0.25, 0.3) is 0 Å². The molecule has 6 heteroatoms. The van der Waals surface area contributed by atoms with Crippen LogP contribution in [0.15, 0.2) is 42.6 Å². The number of aromatic nitrogens is 4. The number of rotatable bonds is 3. The van der Waals surface area contributed by atoms with Crippen LogP contribution in [0.5, 0.6) is 0 Å². The Hall–Kier alpha value is -3.25. The van der Waals surface area contributed by atoms with Crippen molar-refractivity contribution in [2.24, 2.45) is 5.92 Å². The van der Waals surface area contributed by atoms with E-state index in [1.54, 1.807) is 0 Å². The van der Waals surface area contributed by atoms with E-state index in [1.165, 1.54) is 29.7 Å². The van der Waals surface area contributed by atoms with Crippen LogP contribution in [0.2, 0.25) is 0 Å². The smallest absolute Gasteiger partial charge is 0.128 e. The summed E-state index contributed by atoms with van der Waals surface area (Å²) in [4.78, 5) is 15.3. The molecule has 3 aromatic heterocycles. The van der Waals surface area contributed by atoms with Crippen molar-refractivity contribution in [3.8, 4) is 22.5 Å². The van der Waals surface area contributed by atoms with Crippen LogP contribution in [-0.2, 0) is 5.54 Å². The molecule has 5 heterocycles. The molecule has 0 aliphatic carbocycles. The van der Waals surface area contributed by atoms with Gasteiger partial charge in [-0.2, -0.15) is 5.10 Å². The van der Waals surface area contributed by atoms with Gasteiger partial charge in [-0.1, -0.05) is 25.1 Å². The van der Waals surface area contributed by atoms with Gasteiger partial charge in [0.15, 0.2) is 0 Å². The van der Waals surface area contributed by atoms with Crippen LogP contribution in [0.25, 0.3) is 33.5 Å². The Labute approximate surface area is 226 Å². The number of aryl methyl sites for hydroxylation is 2. The molecule has 0 amide bonds. The quantitative estimate of drug-likeness (QED) is 0.322. The minimum atomic E-state index is -0.170. The molecule has 6 nitrogen and oxygen atoms in total. The lowest BCUT2D eigenvalue weighted by molar-refractivity contribution is 0.228. The van der Waals surface area contributed by atoms with Gasteiger partial charge in [-0.25, -0.2) is 9.97 Å². The normalized spacial score (nSPS) is 20.3. The van der Waals surface area contributed by atoms with Gasteiger partial charge in [-0.3, -0.25) is 9.58 Å². The lowest BCUT2D eigenvalue weighted by atomic mass is 9.97. The van der Waals surface area contributed by atoms with Gasteiger partial charge in [0.05, 0.1) is 16.7 Å². The van der Waals surface area contributed by atoms with Crippen molar-refractivity contribution in [3.05, 3.63) is 59.3 Å². The largest absolute Gasteiger partial charge is 0.354 e. The summed E-state index contributed by atoms with van der Waals surface area (Å²) in [5, 5.41) is 5.13. The second-order valence-electron chi connectivity index (χ2n) is 12.5. The second-order valence-corrected chi connectivity index (χ2v) is 12.5. The van der Waals surface area contributed by atoms with Crippen LogP contribution in [-0.4, -0.2) is 56.9 Å². The first-order valence-corrected chi connectivity index (χ1v) is 14.0. The summed E-state index contributed by atoms with van der Waals surface area (Å²) in [7, 11) is 0. The average molecular weight is 509 g/mol. The second kappa shape index (κ2) is 9.19. The van der Waals surface area contributed by atoms with E-state index in [9.17, 15) is 0 Å². The number of hydrogen-bond acceptors (Lipinski definition) is 5. The van der Waals surface area contributed by atoms with Crippen molar-refractivity contribution in [2.45, 2.75) is 66.5 Å². The molecular formula is C32H40N6. The number of pyridine rings is 2. The van der Waals surface area contributed by atoms with E-state index < -0.39 is 0 Å². The molecule has 1 aromatic carbocycles. The molecule has 0 spiro atoms. The van der Waals surface area contributed by atoms with Crippen molar-refractivity contribution in [3.63, 3.8) is 0 Å². The monoisotopic (exact) mass is 508 g/mol. The summed E-state index contributed by atoms with van der Waals surface area (Å²) in [6.45, 7) is 19.9. The van der Waals surface area contributed by atoms with Gasteiger partial charge >= 0.3 is 0 Å². The summed E-state index contributed by atoms with van der Waals surface area (Å²) in [5.74, 6) is 1.86. The van der Waals surface area contributed by atoms with Crippen LogP contribution in [0.3, 0.4) is 0 Å². The molecule has 0 N–H and O–H groups in total. The maximum absolute atomic E-state index is 5.29. The minimum Gasteiger partial charge on any atom is -0.354 e. The SMILES string of the molecule is Cc1cc2c(nc1-c1cccc(C)c1C)c(-c1ccc(N3CCN4C[C@H](C)C[C@H]4C3)nc1)nn2C(C)(C)C. The molecule has 2 fully saturated rings. The van der Waals surface area contributed by atoms with Crippen LogP contribution in [0.1, 0.15) is 50.8 Å². The predicted molar refractivity (Wildman–Crippen MR) is 157 cm³/mol. The van der Waals surface area contributed by atoms with Gasteiger partial charge in [-0.15, -0.1) is 0 Å². The number of hydrogen-bond donors (Lipinski definition) is 0. The zero-order valence-electron chi connectivity index (χ0n) is 23.9. The Morgan fingerprint density at radius 1 is 0.921 bits per heavy atom. The molecule has 2 atom stereocenters. The van der Waals surface area contributed by atoms with Crippen LogP contribution in [0, 0.1) is 26.7 Å². The molecule has 38 heavy (non-hydrogen) atoms. The van der Waals surface area contributed by atoms with Crippen molar-refractivity contribution in [2.75, 3.05) is 31.1 Å². The Kier molecular flexibility index (Phi) is 6.06. The number of anilines is 1. The van der Waals surface area contributed by atoms with E-state index in [0.29, 0.717) is 6.04 Å². The third-order valence-corrected chi connectivity index (χ3v) is 8.51. The lowest BCUT2D eigenvalue weighted by Gasteiger charge is -2.38. The molecule has 4 aromatic rings. The summed E-state index contributed by atoms with van der Waals surface area (Å²) in [6, 6.07) is 13.7. The van der Waals surface area contributed by atoms with Gasteiger partial charge in [-0.05, 0) is 88.8 Å². The summed E-state index contributed by atoms with van der Waals surface area (Å²) >= 11 is 0. The summed E-state index contributed by atoms with van der Waals surface area (Å²) < 4.78 is 2.12. The molecular weight excluding hydrogens is 468 g/mol. The number of benzene rings is 1. The van der Waals surface area contributed by atoms with E-state index in [2.05, 4.69) is 99.3 Å². The summed E-state index contributed by atoms with van der Waals surface area (Å²) in [6.07, 6.45) is 3.28. The summed E-state index contributed by atoms with van der Waals surface area (Å²) in [5.41, 5.74) is 9.67. The van der Waals surface area contributed by atoms with Crippen LogP contribution >= 0.6 is 0 Å². The number of piperazine rings is 1. The molecule has 6 rings (SSSR count). The average Bonchev–Trinajstić information content (AvgIpc) is 3.44. The maximum Gasteiger partial charge on any atom is 0.128 e. The van der Waals surface area contributed by atoms with E-state index in [4.69, 9.17) is 15.1 Å². The Bertz CT molecular complexity index is 1490. The van der Waals surface area contributed by atoms with Gasteiger partial charge in [0, 0.05) is 49.5 Å². The van der Waals surface area contributed by atoms with E-state index in [0.717, 1.165) is 64.9 Å². The fourth-order valence-electron chi connectivity index (χ4n) is 6.34. The molecule has 2 aliphatic heterocycles. The van der Waals surface area contributed by atoms with Crippen LogP contribution in [0.4, 0.5) is 5.82 Å². The van der Waals surface area contributed by atoms with Crippen molar-refractivity contribution < 1.29 is 0 Å². The van der Waals surface area contributed by atoms with Crippen molar-refractivity contribution in [1.82, 2.24) is 24.6 Å². The topological polar surface area (TPSA) is 50.1 Å².